The molecule has 0 spiro atoms. The molecular formula is C21H16F3NO3. The molecule has 3 rings (SSSR count). The standard InChI is InChI=1S/C21H16F3NO3/c22-21(23,24)28-18-13-7-12-17(14-18)25-19(26)20(27,15-8-3-1-4-9-15)16-10-5-2-6-11-16/h1-14,27H,(H,25,26). The summed E-state index contributed by atoms with van der Waals surface area (Å²) < 4.78 is 41.1. The maximum atomic E-state index is 13.0. The van der Waals surface area contributed by atoms with E-state index in [2.05, 4.69) is 10.1 Å². The summed E-state index contributed by atoms with van der Waals surface area (Å²) in [6.07, 6.45) is -4.85. The number of hydrogen-bond acceptors (Lipinski definition) is 3. The number of aliphatic hydroxyl groups is 1. The summed E-state index contributed by atoms with van der Waals surface area (Å²) in [7, 11) is 0. The van der Waals surface area contributed by atoms with Crippen LogP contribution in [-0.4, -0.2) is 17.4 Å². The number of rotatable bonds is 5. The molecule has 2 N–H and O–H groups in total. The third-order valence-corrected chi connectivity index (χ3v) is 4.04. The molecule has 0 aliphatic carbocycles. The van der Waals surface area contributed by atoms with E-state index in [9.17, 15) is 23.1 Å². The molecule has 0 saturated carbocycles. The molecule has 0 radical (unpaired) electrons. The molecule has 0 heterocycles. The zero-order chi connectivity index (χ0) is 20.2. The molecule has 28 heavy (non-hydrogen) atoms. The van der Waals surface area contributed by atoms with Crippen LogP contribution >= 0.6 is 0 Å². The van der Waals surface area contributed by atoms with Gasteiger partial charge in [0.05, 0.1) is 0 Å². The number of carbonyl (C=O) groups excluding carboxylic acids is 1. The minimum absolute atomic E-state index is 0.0528. The van der Waals surface area contributed by atoms with Crippen molar-refractivity contribution in [2.45, 2.75) is 12.0 Å². The summed E-state index contributed by atoms with van der Waals surface area (Å²) in [6, 6.07) is 21.4. The van der Waals surface area contributed by atoms with Crippen LogP contribution in [0.5, 0.6) is 5.75 Å². The van der Waals surface area contributed by atoms with Crippen molar-refractivity contribution in [3.63, 3.8) is 0 Å². The highest BCUT2D eigenvalue weighted by Gasteiger charge is 2.40. The van der Waals surface area contributed by atoms with E-state index in [4.69, 9.17) is 0 Å². The van der Waals surface area contributed by atoms with Gasteiger partial charge < -0.3 is 15.2 Å². The molecule has 3 aromatic rings. The fourth-order valence-electron chi connectivity index (χ4n) is 2.78. The van der Waals surface area contributed by atoms with Crippen LogP contribution in [0.2, 0.25) is 0 Å². The number of nitrogens with one attached hydrogen (secondary N) is 1. The van der Waals surface area contributed by atoms with Crippen molar-refractivity contribution in [2.24, 2.45) is 0 Å². The van der Waals surface area contributed by atoms with Crippen LogP contribution in [0.3, 0.4) is 0 Å². The summed E-state index contributed by atoms with van der Waals surface area (Å²) in [5.74, 6) is -1.29. The second kappa shape index (κ2) is 7.74. The number of anilines is 1. The Bertz CT molecular complexity index is 904. The predicted octanol–water partition coefficient (Wildman–Crippen LogP) is 4.46. The van der Waals surface area contributed by atoms with Gasteiger partial charge in [0.2, 0.25) is 0 Å². The number of benzene rings is 3. The zero-order valence-electron chi connectivity index (χ0n) is 14.5. The Hall–Kier alpha value is -3.32. The van der Waals surface area contributed by atoms with E-state index in [0.29, 0.717) is 11.1 Å². The Kier molecular flexibility index (Phi) is 5.37. The van der Waals surface area contributed by atoms with Gasteiger partial charge >= 0.3 is 6.36 Å². The van der Waals surface area contributed by atoms with Gasteiger partial charge in [0.15, 0.2) is 5.60 Å². The minimum Gasteiger partial charge on any atom is -0.406 e. The Labute approximate surface area is 159 Å². The summed E-state index contributed by atoms with van der Waals surface area (Å²) in [4.78, 5) is 13.0. The summed E-state index contributed by atoms with van der Waals surface area (Å²) in [6.45, 7) is 0. The molecule has 0 aliphatic rings. The SMILES string of the molecule is O=C(Nc1cccc(OC(F)(F)F)c1)C(O)(c1ccccc1)c1ccccc1. The monoisotopic (exact) mass is 387 g/mol. The van der Waals surface area contributed by atoms with E-state index in [-0.39, 0.29) is 5.69 Å². The van der Waals surface area contributed by atoms with E-state index in [1.165, 1.54) is 12.1 Å². The number of amides is 1. The normalized spacial score (nSPS) is 11.7. The van der Waals surface area contributed by atoms with Crippen LogP contribution in [0.25, 0.3) is 0 Å². The lowest BCUT2D eigenvalue weighted by Crippen LogP contribution is -2.41. The number of hydrogen-bond donors (Lipinski definition) is 2. The van der Waals surface area contributed by atoms with E-state index >= 15 is 0 Å². The van der Waals surface area contributed by atoms with Crippen LogP contribution in [0.1, 0.15) is 11.1 Å². The molecule has 4 nitrogen and oxygen atoms in total. The largest absolute Gasteiger partial charge is 0.573 e. The molecule has 0 aromatic heterocycles. The molecular weight excluding hydrogens is 371 g/mol. The van der Waals surface area contributed by atoms with Crippen molar-refractivity contribution >= 4 is 11.6 Å². The molecule has 0 saturated heterocycles. The van der Waals surface area contributed by atoms with Gasteiger partial charge in [-0.3, -0.25) is 4.79 Å². The second-order valence-electron chi connectivity index (χ2n) is 5.97. The lowest BCUT2D eigenvalue weighted by Gasteiger charge is -2.28. The smallest absolute Gasteiger partial charge is 0.406 e. The first-order valence-corrected chi connectivity index (χ1v) is 8.30. The minimum atomic E-state index is -4.85. The molecule has 0 aliphatic heterocycles. The van der Waals surface area contributed by atoms with Crippen molar-refractivity contribution in [3.05, 3.63) is 96.1 Å². The van der Waals surface area contributed by atoms with E-state index in [1.54, 1.807) is 60.7 Å². The van der Waals surface area contributed by atoms with Gasteiger partial charge in [-0.05, 0) is 23.3 Å². The number of alkyl halides is 3. The summed E-state index contributed by atoms with van der Waals surface area (Å²) in [5, 5.41) is 13.8. The summed E-state index contributed by atoms with van der Waals surface area (Å²) in [5.41, 5.74) is -1.34. The van der Waals surface area contributed by atoms with Crippen molar-refractivity contribution in [3.8, 4) is 5.75 Å². The molecule has 0 unspecified atom stereocenters. The van der Waals surface area contributed by atoms with Crippen molar-refractivity contribution in [2.75, 3.05) is 5.32 Å². The molecule has 0 atom stereocenters. The molecule has 3 aromatic carbocycles. The molecule has 0 fully saturated rings. The lowest BCUT2D eigenvalue weighted by molar-refractivity contribution is -0.274. The highest BCUT2D eigenvalue weighted by Crippen LogP contribution is 2.32. The zero-order valence-corrected chi connectivity index (χ0v) is 14.5. The first-order valence-electron chi connectivity index (χ1n) is 8.30. The van der Waals surface area contributed by atoms with Gasteiger partial charge in [0, 0.05) is 11.8 Å². The maximum absolute atomic E-state index is 13.0. The Morgan fingerprint density at radius 1 is 0.821 bits per heavy atom. The van der Waals surface area contributed by atoms with Gasteiger partial charge in [-0.15, -0.1) is 13.2 Å². The summed E-state index contributed by atoms with van der Waals surface area (Å²) >= 11 is 0. The van der Waals surface area contributed by atoms with Crippen LogP contribution in [0, 0.1) is 0 Å². The van der Waals surface area contributed by atoms with E-state index in [1.807, 2.05) is 0 Å². The van der Waals surface area contributed by atoms with Crippen molar-refractivity contribution in [1.82, 2.24) is 0 Å². The van der Waals surface area contributed by atoms with E-state index in [0.717, 1.165) is 12.1 Å². The highest BCUT2D eigenvalue weighted by atomic mass is 19.4. The first kappa shape index (κ1) is 19.4. The molecule has 1 amide bonds. The van der Waals surface area contributed by atoms with Gasteiger partial charge in [0.1, 0.15) is 5.75 Å². The Balaban J connectivity index is 1.95. The highest BCUT2D eigenvalue weighted by molar-refractivity contribution is 6.00. The Morgan fingerprint density at radius 2 is 1.36 bits per heavy atom. The third-order valence-electron chi connectivity index (χ3n) is 4.04. The van der Waals surface area contributed by atoms with Gasteiger partial charge in [-0.2, -0.15) is 0 Å². The van der Waals surface area contributed by atoms with E-state index < -0.39 is 23.6 Å². The van der Waals surface area contributed by atoms with Gasteiger partial charge in [0.25, 0.3) is 5.91 Å². The van der Waals surface area contributed by atoms with Crippen LogP contribution in [0.15, 0.2) is 84.9 Å². The molecule has 7 heteroatoms. The maximum Gasteiger partial charge on any atom is 0.573 e. The van der Waals surface area contributed by atoms with Crippen molar-refractivity contribution < 1.29 is 27.8 Å². The van der Waals surface area contributed by atoms with Gasteiger partial charge in [-0.25, -0.2) is 0 Å². The molecule has 0 bridgehead atoms. The lowest BCUT2D eigenvalue weighted by atomic mass is 9.85. The number of carbonyl (C=O) groups is 1. The molecule has 144 valence electrons. The fraction of sp³-hybridized carbons (Fsp3) is 0.0952. The average Bonchev–Trinajstić information content (AvgIpc) is 2.67. The second-order valence-corrected chi connectivity index (χ2v) is 5.97. The van der Waals surface area contributed by atoms with Crippen LogP contribution in [0.4, 0.5) is 18.9 Å². The van der Waals surface area contributed by atoms with Crippen molar-refractivity contribution in [1.29, 1.82) is 0 Å². The fourth-order valence-corrected chi connectivity index (χ4v) is 2.78. The van der Waals surface area contributed by atoms with Gasteiger partial charge in [-0.1, -0.05) is 66.7 Å². The van der Waals surface area contributed by atoms with Crippen LogP contribution in [-0.2, 0) is 10.4 Å². The Morgan fingerprint density at radius 3 is 1.86 bits per heavy atom. The topological polar surface area (TPSA) is 58.6 Å². The number of halogens is 3. The third kappa shape index (κ3) is 4.32. The van der Waals surface area contributed by atoms with Crippen LogP contribution < -0.4 is 10.1 Å². The quantitative estimate of drug-likeness (QED) is 0.680. The first-order chi connectivity index (χ1) is 13.3. The average molecular weight is 387 g/mol. The predicted molar refractivity (Wildman–Crippen MR) is 97.6 cm³/mol. The number of ether oxygens (including phenoxy) is 1.